The van der Waals surface area contributed by atoms with Gasteiger partial charge in [0.1, 0.15) is 5.75 Å². The van der Waals surface area contributed by atoms with Crippen LogP contribution in [0.5, 0.6) is 5.75 Å². The first-order valence-electron chi connectivity index (χ1n) is 10.9. The van der Waals surface area contributed by atoms with Crippen molar-refractivity contribution in [2.24, 2.45) is 5.92 Å². The summed E-state index contributed by atoms with van der Waals surface area (Å²) in [5.41, 5.74) is 2.82. The number of quaternary nitrogens is 1. The Labute approximate surface area is 172 Å². The fourth-order valence-corrected chi connectivity index (χ4v) is 6.37. The molecule has 0 radical (unpaired) electrons. The van der Waals surface area contributed by atoms with Gasteiger partial charge in [-0.1, -0.05) is 18.9 Å². The Hall–Kier alpha value is -2.08. The van der Waals surface area contributed by atoms with Crippen LogP contribution in [0.1, 0.15) is 57.1 Å². The number of hydrogen-bond donors (Lipinski definition) is 0. The van der Waals surface area contributed by atoms with Gasteiger partial charge in [0.25, 0.3) is 6.47 Å². The molecule has 6 nitrogen and oxygen atoms in total. The number of carbonyl (C=O) groups excluding carboxylic acids is 2. The lowest BCUT2D eigenvalue weighted by molar-refractivity contribution is -0.982. The maximum absolute atomic E-state index is 11.8. The highest BCUT2D eigenvalue weighted by Crippen LogP contribution is 2.58. The van der Waals surface area contributed by atoms with Crippen LogP contribution in [0.15, 0.2) is 18.2 Å². The lowest BCUT2D eigenvalue weighted by atomic mass is 9.52. The summed E-state index contributed by atoms with van der Waals surface area (Å²) < 4.78 is 16.6. The summed E-state index contributed by atoms with van der Waals surface area (Å²) in [4.78, 5) is 22.8. The van der Waals surface area contributed by atoms with Crippen LogP contribution in [-0.2, 0) is 26.1 Å². The molecule has 1 heterocycles. The monoisotopic (exact) mass is 402 g/mol. The number of ether oxygens (including phenoxy) is 3. The van der Waals surface area contributed by atoms with Crippen LogP contribution in [-0.4, -0.2) is 49.6 Å². The summed E-state index contributed by atoms with van der Waals surface area (Å²) >= 11 is 0. The first-order valence-corrected chi connectivity index (χ1v) is 10.9. The molecule has 1 aliphatic heterocycles. The van der Waals surface area contributed by atoms with Gasteiger partial charge in [0, 0.05) is 31.1 Å². The minimum absolute atomic E-state index is 0.128. The predicted octanol–water partition coefficient (Wildman–Crippen LogP) is 3.94. The topological polar surface area (TPSA) is 61.8 Å². The predicted molar refractivity (Wildman–Crippen MR) is 107 cm³/mol. The number of fused-ring (bicyclic) bond motifs is 1. The van der Waals surface area contributed by atoms with E-state index in [1.165, 1.54) is 36.8 Å². The molecule has 1 saturated heterocycles. The Bertz CT molecular complexity index is 795. The summed E-state index contributed by atoms with van der Waals surface area (Å²) in [6.45, 7) is 5.67. The van der Waals surface area contributed by atoms with E-state index in [9.17, 15) is 9.59 Å². The smallest absolute Gasteiger partial charge is 0.434 e. The lowest BCUT2D eigenvalue weighted by Crippen LogP contribution is -2.71. The van der Waals surface area contributed by atoms with Crippen molar-refractivity contribution in [1.82, 2.24) is 0 Å². The zero-order valence-corrected chi connectivity index (χ0v) is 17.7. The Kier molecular flexibility index (Phi) is 5.32. The van der Waals surface area contributed by atoms with Gasteiger partial charge in [-0.15, -0.1) is 0 Å². The van der Waals surface area contributed by atoms with Crippen molar-refractivity contribution in [3.63, 3.8) is 0 Å². The van der Waals surface area contributed by atoms with Crippen molar-refractivity contribution < 1.29 is 28.3 Å². The summed E-state index contributed by atoms with van der Waals surface area (Å²) in [5.74, 6) is 1.12. The van der Waals surface area contributed by atoms with E-state index in [1.54, 1.807) is 6.92 Å². The van der Waals surface area contributed by atoms with Crippen LogP contribution < -0.4 is 4.74 Å². The highest BCUT2D eigenvalue weighted by molar-refractivity contribution is 5.64. The molecule has 158 valence electrons. The van der Waals surface area contributed by atoms with Gasteiger partial charge < -0.3 is 14.2 Å². The third-order valence-corrected chi connectivity index (χ3v) is 7.95. The standard InChI is InChI=1S/C23H32NO5/c1-4-27-22(26)29-18-9-8-17-13-21-19-7-5-6-10-23(19,20(17)14-18)11-12-24(21,3)16(2)28-15-25/h8-9,14-16,19,21H,4-7,10-13H2,1-3H3/q+1/t16?,19?,21?,23-,24?/m1/s1. The zero-order valence-electron chi connectivity index (χ0n) is 17.7. The second-order valence-corrected chi connectivity index (χ2v) is 9.04. The Morgan fingerprint density at radius 1 is 1.34 bits per heavy atom. The highest BCUT2D eigenvalue weighted by atomic mass is 16.7. The molecule has 29 heavy (non-hydrogen) atoms. The van der Waals surface area contributed by atoms with Crippen molar-refractivity contribution in [2.75, 3.05) is 20.2 Å². The van der Waals surface area contributed by atoms with Gasteiger partial charge in [-0.2, -0.15) is 0 Å². The van der Waals surface area contributed by atoms with E-state index in [2.05, 4.69) is 19.2 Å². The summed E-state index contributed by atoms with van der Waals surface area (Å²) in [6, 6.07) is 6.51. The van der Waals surface area contributed by atoms with Crippen molar-refractivity contribution in [1.29, 1.82) is 0 Å². The molecule has 0 amide bonds. The second kappa shape index (κ2) is 7.63. The molecule has 1 aromatic carbocycles. The molecule has 2 aliphatic carbocycles. The van der Waals surface area contributed by atoms with Gasteiger partial charge in [-0.3, -0.25) is 9.28 Å². The Morgan fingerprint density at radius 3 is 2.93 bits per heavy atom. The van der Waals surface area contributed by atoms with E-state index in [0.717, 1.165) is 23.9 Å². The molecule has 3 aliphatic rings. The van der Waals surface area contributed by atoms with Crippen LogP contribution in [0.2, 0.25) is 0 Å². The molecule has 2 fully saturated rings. The van der Waals surface area contributed by atoms with Gasteiger partial charge in [0.2, 0.25) is 6.23 Å². The normalized spacial score (nSPS) is 33.6. The van der Waals surface area contributed by atoms with Gasteiger partial charge in [0.05, 0.1) is 26.2 Å². The van der Waals surface area contributed by atoms with Gasteiger partial charge in [-0.25, -0.2) is 4.79 Å². The average molecular weight is 403 g/mol. The van der Waals surface area contributed by atoms with Crippen molar-refractivity contribution in [3.05, 3.63) is 29.3 Å². The average Bonchev–Trinajstić information content (AvgIpc) is 2.71. The highest BCUT2D eigenvalue weighted by Gasteiger charge is 2.60. The van der Waals surface area contributed by atoms with E-state index < -0.39 is 6.16 Å². The minimum Gasteiger partial charge on any atom is -0.434 e. The summed E-state index contributed by atoms with van der Waals surface area (Å²) in [6.07, 6.45) is 6.09. The molecule has 4 rings (SSSR count). The molecule has 1 saturated carbocycles. The zero-order chi connectivity index (χ0) is 20.6. The van der Waals surface area contributed by atoms with Gasteiger partial charge in [0.15, 0.2) is 0 Å². The SMILES string of the molecule is CCOC(=O)Oc1ccc2c(c1)[C@@]13CCCCC1C(C2)[N+](C)(C(C)OC=O)CC3. The minimum atomic E-state index is -0.647. The van der Waals surface area contributed by atoms with Crippen LogP contribution in [0.4, 0.5) is 4.79 Å². The molecule has 5 atom stereocenters. The first kappa shape index (κ1) is 20.2. The summed E-state index contributed by atoms with van der Waals surface area (Å²) in [7, 11) is 2.25. The largest absolute Gasteiger partial charge is 0.513 e. The molecule has 6 heteroatoms. The maximum Gasteiger partial charge on any atom is 0.513 e. The fourth-order valence-electron chi connectivity index (χ4n) is 6.37. The van der Waals surface area contributed by atoms with Crippen molar-refractivity contribution >= 4 is 12.6 Å². The van der Waals surface area contributed by atoms with Crippen LogP contribution >= 0.6 is 0 Å². The van der Waals surface area contributed by atoms with Crippen LogP contribution in [0, 0.1) is 5.92 Å². The number of hydrogen-bond acceptors (Lipinski definition) is 5. The van der Waals surface area contributed by atoms with E-state index in [-0.39, 0.29) is 11.6 Å². The number of likely N-dealkylation sites (tertiary alicyclic amines) is 1. The van der Waals surface area contributed by atoms with Gasteiger partial charge >= 0.3 is 6.16 Å². The van der Waals surface area contributed by atoms with E-state index >= 15 is 0 Å². The van der Waals surface area contributed by atoms with Gasteiger partial charge in [-0.05, 0) is 43.0 Å². The van der Waals surface area contributed by atoms with Crippen LogP contribution in [0.25, 0.3) is 0 Å². The number of nitrogens with zero attached hydrogens (tertiary/aromatic N) is 1. The molecule has 0 spiro atoms. The van der Waals surface area contributed by atoms with E-state index in [4.69, 9.17) is 14.2 Å². The molecule has 0 N–H and O–H groups in total. The molecule has 4 unspecified atom stereocenters. The lowest BCUT2D eigenvalue weighted by Gasteiger charge is -2.62. The quantitative estimate of drug-likeness (QED) is 0.323. The first-order chi connectivity index (χ1) is 13.9. The van der Waals surface area contributed by atoms with E-state index in [1.807, 2.05) is 13.0 Å². The molecular weight excluding hydrogens is 370 g/mol. The summed E-state index contributed by atoms with van der Waals surface area (Å²) in [5, 5.41) is 0. The third kappa shape index (κ3) is 3.21. The number of piperidine rings is 1. The fraction of sp³-hybridized carbons (Fsp3) is 0.652. The second-order valence-electron chi connectivity index (χ2n) is 9.04. The number of rotatable bonds is 5. The van der Waals surface area contributed by atoms with Crippen LogP contribution in [0.3, 0.4) is 0 Å². The van der Waals surface area contributed by atoms with Crippen molar-refractivity contribution in [2.45, 2.75) is 70.1 Å². The molecule has 1 aromatic rings. The molecule has 2 bridgehead atoms. The van der Waals surface area contributed by atoms with Crippen molar-refractivity contribution in [3.8, 4) is 5.75 Å². The molecular formula is C23H32NO5+. The Balaban J connectivity index is 1.73. The van der Waals surface area contributed by atoms with E-state index in [0.29, 0.717) is 30.8 Å². The number of carbonyl (C=O) groups is 2. The number of likely N-dealkylation sites (N-methyl/N-ethyl adjacent to an activating group) is 1. The molecule has 0 aromatic heterocycles. The maximum atomic E-state index is 11.8. The Morgan fingerprint density at radius 2 is 2.17 bits per heavy atom. The third-order valence-electron chi connectivity index (χ3n) is 7.95. The number of benzene rings is 1.